The number of nitrogens with zero attached hydrogens (tertiary/aromatic N) is 2. The molecule has 0 radical (unpaired) electrons. The van der Waals surface area contributed by atoms with Crippen LogP contribution in [0.25, 0.3) is 0 Å². The highest BCUT2D eigenvalue weighted by atomic mass is 16.5. The van der Waals surface area contributed by atoms with E-state index in [0.717, 1.165) is 42.1 Å². The number of ether oxygens (including phenoxy) is 1. The summed E-state index contributed by atoms with van der Waals surface area (Å²) >= 11 is 0. The Morgan fingerprint density at radius 1 is 1.36 bits per heavy atom. The van der Waals surface area contributed by atoms with Crippen LogP contribution in [0.3, 0.4) is 0 Å². The normalized spacial score (nSPS) is 13.6. The molecule has 1 amide bonds. The van der Waals surface area contributed by atoms with Gasteiger partial charge in [0.25, 0.3) is 5.91 Å². The standard InChI is InChI=1S/C18H25N5O2/c1-23(2)9-10-25-16-6-4-3-5-13(16)11-20-18(24)17-14-12-19-8-7-15(14)21-22-17/h3-6,19H,7-12H2,1-2H3,(H,20,24)(H,21,22). The Bertz CT molecular complexity index is 726. The fourth-order valence-electron chi connectivity index (χ4n) is 2.80. The lowest BCUT2D eigenvalue weighted by Crippen LogP contribution is -2.28. The van der Waals surface area contributed by atoms with Gasteiger partial charge in [-0.25, -0.2) is 0 Å². The van der Waals surface area contributed by atoms with Crippen LogP contribution in [0.2, 0.25) is 0 Å². The highest BCUT2D eigenvalue weighted by Crippen LogP contribution is 2.19. The van der Waals surface area contributed by atoms with Gasteiger partial charge in [-0.15, -0.1) is 0 Å². The van der Waals surface area contributed by atoms with Crippen molar-refractivity contribution in [2.45, 2.75) is 19.5 Å². The molecule has 0 bridgehead atoms. The number of amides is 1. The first-order valence-electron chi connectivity index (χ1n) is 8.55. The molecule has 0 saturated carbocycles. The molecule has 7 nitrogen and oxygen atoms in total. The first-order valence-corrected chi connectivity index (χ1v) is 8.55. The van der Waals surface area contributed by atoms with Gasteiger partial charge in [-0.3, -0.25) is 9.89 Å². The molecule has 0 unspecified atom stereocenters. The molecule has 1 aliphatic rings. The molecule has 0 spiro atoms. The van der Waals surface area contributed by atoms with Gasteiger partial charge in [-0.1, -0.05) is 18.2 Å². The number of rotatable bonds is 7. The van der Waals surface area contributed by atoms with Crippen LogP contribution in [0.1, 0.15) is 27.3 Å². The van der Waals surface area contributed by atoms with Gasteiger partial charge in [0.1, 0.15) is 12.4 Å². The smallest absolute Gasteiger partial charge is 0.272 e. The van der Waals surface area contributed by atoms with Crippen molar-refractivity contribution in [2.24, 2.45) is 0 Å². The molecule has 134 valence electrons. The van der Waals surface area contributed by atoms with Crippen LogP contribution in [0.15, 0.2) is 24.3 Å². The van der Waals surface area contributed by atoms with Crippen molar-refractivity contribution in [1.82, 2.24) is 25.7 Å². The molecule has 25 heavy (non-hydrogen) atoms. The van der Waals surface area contributed by atoms with Crippen molar-refractivity contribution in [2.75, 3.05) is 33.8 Å². The Hall–Kier alpha value is -2.38. The maximum atomic E-state index is 12.5. The van der Waals surface area contributed by atoms with E-state index < -0.39 is 0 Å². The topological polar surface area (TPSA) is 82.3 Å². The second kappa shape index (κ2) is 8.13. The highest BCUT2D eigenvalue weighted by molar-refractivity contribution is 5.94. The lowest BCUT2D eigenvalue weighted by Gasteiger charge is -2.15. The third-order valence-electron chi connectivity index (χ3n) is 4.23. The number of likely N-dealkylation sites (N-methyl/N-ethyl adjacent to an activating group) is 1. The van der Waals surface area contributed by atoms with E-state index in [1.165, 1.54) is 0 Å². The van der Waals surface area contributed by atoms with Crippen LogP contribution in [0, 0.1) is 0 Å². The largest absolute Gasteiger partial charge is 0.492 e. The van der Waals surface area contributed by atoms with Crippen LogP contribution in [0.5, 0.6) is 5.75 Å². The van der Waals surface area contributed by atoms with Crippen molar-refractivity contribution in [1.29, 1.82) is 0 Å². The Balaban J connectivity index is 1.61. The minimum absolute atomic E-state index is 0.163. The maximum absolute atomic E-state index is 12.5. The number of H-pyrrole nitrogens is 1. The molecular formula is C18H25N5O2. The molecule has 3 N–H and O–H groups in total. The third kappa shape index (κ3) is 4.37. The quantitative estimate of drug-likeness (QED) is 0.697. The van der Waals surface area contributed by atoms with E-state index in [4.69, 9.17) is 4.74 Å². The van der Waals surface area contributed by atoms with Crippen LogP contribution in [-0.2, 0) is 19.5 Å². The number of aromatic nitrogens is 2. The summed E-state index contributed by atoms with van der Waals surface area (Å²) in [6, 6.07) is 7.77. The number of benzene rings is 1. The van der Waals surface area contributed by atoms with Crippen LogP contribution < -0.4 is 15.4 Å². The SMILES string of the molecule is CN(C)CCOc1ccccc1CNC(=O)c1n[nH]c2c1CNCC2. The first-order chi connectivity index (χ1) is 12.1. The zero-order valence-corrected chi connectivity index (χ0v) is 14.8. The number of para-hydroxylation sites is 1. The number of carbonyl (C=O) groups is 1. The molecule has 0 aliphatic carbocycles. The molecule has 3 rings (SSSR count). The molecule has 2 heterocycles. The lowest BCUT2D eigenvalue weighted by atomic mass is 10.1. The number of fused-ring (bicyclic) bond motifs is 1. The fourth-order valence-corrected chi connectivity index (χ4v) is 2.80. The second-order valence-corrected chi connectivity index (χ2v) is 6.40. The van der Waals surface area contributed by atoms with Crippen molar-refractivity contribution in [3.63, 3.8) is 0 Å². The molecule has 1 aromatic heterocycles. The maximum Gasteiger partial charge on any atom is 0.272 e. The summed E-state index contributed by atoms with van der Waals surface area (Å²) in [5.41, 5.74) is 3.46. The third-order valence-corrected chi connectivity index (χ3v) is 4.23. The Labute approximate surface area is 147 Å². The first kappa shape index (κ1) is 17.4. The van der Waals surface area contributed by atoms with Gasteiger partial charge < -0.3 is 20.3 Å². The molecule has 0 atom stereocenters. The Morgan fingerprint density at radius 3 is 3.04 bits per heavy atom. The predicted molar refractivity (Wildman–Crippen MR) is 95.7 cm³/mol. The van der Waals surface area contributed by atoms with E-state index >= 15 is 0 Å². The van der Waals surface area contributed by atoms with Gasteiger partial charge >= 0.3 is 0 Å². The molecular weight excluding hydrogens is 318 g/mol. The van der Waals surface area contributed by atoms with Crippen LogP contribution in [0.4, 0.5) is 0 Å². The van der Waals surface area contributed by atoms with Gasteiger partial charge in [-0.2, -0.15) is 5.10 Å². The van der Waals surface area contributed by atoms with Gasteiger partial charge in [0.2, 0.25) is 0 Å². The van der Waals surface area contributed by atoms with Crippen LogP contribution in [-0.4, -0.2) is 54.8 Å². The fraction of sp³-hybridized carbons (Fsp3) is 0.444. The summed E-state index contributed by atoms with van der Waals surface area (Å²) in [6.07, 6.45) is 0.873. The van der Waals surface area contributed by atoms with E-state index in [-0.39, 0.29) is 5.91 Å². The highest BCUT2D eigenvalue weighted by Gasteiger charge is 2.21. The molecule has 1 aromatic carbocycles. The zero-order valence-electron chi connectivity index (χ0n) is 14.8. The number of nitrogens with one attached hydrogen (secondary N) is 3. The number of hydrogen-bond donors (Lipinski definition) is 3. The summed E-state index contributed by atoms with van der Waals surface area (Å²) < 4.78 is 5.84. The van der Waals surface area contributed by atoms with E-state index in [0.29, 0.717) is 25.4 Å². The summed E-state index contributed by atoms with van der Waals surface area (Å²) in [5, 5.41) is 13.4. The van der Waals surface area contributed by atoms with Crippen molar-refractivity contribution < 1.29 is 9.53 Å². The molecule has 1 aliphatic heterocycles. The predicted octanol–water partition coefficient (Wildman–Crippen LogP) is 0.926. The number of aromatic amines is 1. The molecule has 2 aromatic rings. The van der Waals surface area contributed by atoms with E-state index in [1.807, 2.05) is 38.4 Å². The zero-order chi connectivity index (χ0) is 17.6. The van der Waals surface area contributed by atoms with E-state index in [9.17, 15) is 4.79 Å². The monoisotopic (exact) mass is 343 g/mol. The van der Waals surface area contributed by atoms with Gasteiger partial charge in [-0.05, 0) is 20.2 Å². The molecule has 0 fully saturated rings. The second-order valence-electron chi connectivity index (χ2n) is 6.40. The van der Waals surface area contributed by atoms with Gasteiger partial charge in [0.15, 0.2) is 5.69 Å². The van der Waals surface area contributed by atoms with Gasteiger partial charge in [0, 0.05) is 49.4 Å². The minimum atomic E-state index is -0.163. The van der Waals surface area contributed by atoms with Crippen LogP contribution >= 0.6 is 0 Å². The van der Waals surface area contributed by atoms with E-state index in [2.05, 4.69) is 25.7 Å². The number of carbonyl (C=O) groups excluding carboxylic acids is 1. The van der Waals surface area contributed by atoms with Crippen molar-refractivity contribution >= 4 is 5.91 Å². The molecule has 0 saturated heterocycles. The summed E-state index contributed by atoms with van der Waals surface area (Å²) in [4.78, 5) is 14.6. The summed E-state index contributed by atoms with van der Waals surface area (Å²) in [5.74, 6) is 0.639. The lowest BCUT2D eigenvalue weighted by molar-refractivity contribution is 0.0944. The number of hydrogen-bond acceptors (Lipinski definition) is 5. The van der Waals surface area contributed by atoms with Crippen molar-refractivity contribution in [3.8, 4) is 5.75 Å². The Morgan fingerprint density at radius 2 is 2.20 bits per heavy atom. The molecule has 7 heteroatoms. The van der Waals surface area contributed by atoms with Gasteiger partial charge in [0.05, 0.1) is 0 Å². The minimum Gasteiger partial charge on any atom is -0.492 e. The van der Waals surface area contributed by atoms with E-state index in [1.54, 1.807) is 0 Å². The average molecular weight is 343 g/mol. The Kier molecular flexibility index (Phi) is 5.67. The average Bonchev–Trinajstić information content (AvgIpc) is 3.04. The van der Waals surface area contributed by atoms with Crippen molar-refractivity contribution in [3.05, 3.63) is 46.8 Å². The summed E-state index contributed by atoms with van der Waals surface area (Å²) in [6.45, 7) is 3.45. The summed E-state index contributed by atoms with van der Waals surface area (Å²) in [7, 11) is 4.02.